The van der Waals surface area contributed by atoms with Gasteiger partial charge in [0.25, 0.3) is 0 Å². The molecule has 0 aliphatic heterocycles. The Morgan fingerprint density at radius 2 is 1.72 bits per heavy atom. The molecule has 0 aliphatic rings. The van der Waals surface area contributed by atoms with Crippen molar-refractivity contribution in [3.8, 4) is 0 Å². The van der Waals surface area contributed by atoms with Crippen molar-refractivity contribution in [3.63, 3.8) is 0 Å². The Morgan fingerprint density at radius 1 is 0.880 bits per heavy atom. The molecule has 1 aromatic heterocycles. The maximum absolute atomic E-state index is 12.2. The lowest BCUT2D eigenvalue weighted by molar-refractivity contribution is -0.120. The summed E-state index contributed by atoms with van der Waals surface area (Å²) in [5.41, 5.74) is 4.27. The normalized spacial score (nSPS) is 11.1. The fourth-order valence-electron chi connectivity index (χ4n) is 3.11. The summed E-state index contributed by atoms with van der Waals surface area (Å²) in [5.74, 6) is 0.0236. The summed E-state index contributed by atoms with van der Waals surface area (Å²) in [6.45, 7) is 0.535. The number of nitrogens with one attached hydrogen (secondary N) is 2. The molecule has 0 bridgehead atoms. The van der Waals surface area contributed by atoms with Crippen molar-refractivity contribution >= 4 is 43.6 Å². The Bertz CT molecular complexity index is 1070. The van der Waals surface area contributed by atoms with Gasteiger partial charge in [0, 0.05) is 32.8 Å². The molecule has 0 radical (unpaired) electrons. The highest BCUT2D eigenvalue weighted by Gasteiger charge is 2.07. The highest BCUT2D eigenvalue weighted by Crippen LogP contribution is 2.25. The van der Waals surface area contributed by atoms with E-state index in [0.29, 0.717) is 13.0 Å². The van der Waals surface area contributed by atoms with Crippen molar-refractivity contribution in [2.75, 3.05) is 0 Å². The van der Waals surface area contributed by atoms with Crippen molar-refractivity contribution in [2.24, 2.45) is 0 Å². The molecule has 0 saturated heterocycles. The van der Waals surface area contributed by atoms with Gasteiger partial charge in [-0.1, -0.05) is 58.4 Å². The second-order valence-electron chi connectivity index (χ2n) is 6.13. The standard InChI is InChI=1S/C21H17BrN2O/c22-16-5-3-4-15(10-16)13-23-21(25)12-14-8-9-18-17-6-1-2-7-19(17)24-20(18)11-14/h1-11,24H,12-13H2,(H,23,25). The SMILES string of the molecule is O=C(Cc1ccc2c(c1)[nH]c1ccccc12)NCc1cccc(Br)c1. The average molecular weight is 393 g/mol. The van der Waals surface area contributed by atoms with Crippen LogP contribution in [0.4, 0.5) is 0 Å². The molecule has 0 atom stereocenters. The van der Waals surface area contributed by atoms with Gasteiger partial charge in [-0.2, -0.15) is 0 Å². The molecule has 4 aromatic rings. The number of halogens is 1. The third-order valence-electron chi connectivity index (χ3n) is 4.31. The lowest BCUT2D eigenvalue weighted by Gasteiger charge is -2.06. The number of para-hydroxylation sites is 1. The van der Waals surface area contributed by atoms with Crippen molar-refractivity contribution in [3.05, 3.63) is 82.3 Å². The van der Waals surface area contributed by atoms with Crippen LogP contribution in [0.25, 0.3) is 21.8 Å². The Hall–Kier alpha value is -2.59. The topological polar surface area (TPSA) is 44.9 Å². The predicted octanol–water partition coefficient (Wildman–Crippen LogP) is 4.94. The van der Waals surface area contributed by atoms with E-state index in [4.69, 9.17) is 0 Å². The number of carbonyl (C=O) groups excluding carboxylic acids is 1. The zero-order valence-electron chi connectivity index (χ0n) is 13.6. The molecule has 4 heteroatoms. The number of fused-ring (bicyclic) bond motifs is 3. The molecule has 0 saturated carbocycles. The van der Waals surface area contributed by atoms with Gasteiger partial charge in [0.1, 0.15) is 0 Å². The first kappa shape index (κ1) is 15.9. The van der Waals surface area contributed by atoms with Crippen LogP contribution in [0.2, 0.25) is 0 Å². The lowest BCUT2D eigenvalue weighted by Crippen LogP contribution is -2.24. The molecule has 3 nitrogen and oxygen atoms in total. The van der Waals surface area contributed by atoms with Crippen LogP contribution >= 0.6 is 15.9 Å². The molecule has 0 aliphatic carbocycles. The van der Waals surface area contributed by atoms with E-state index in [1.807, 2.05) is 42.5 Å². The van der Waals surface area contributed by atoms with E-state index >= 15 is 0 Å². The van der Waals surface area contributed by atoms with Crippen LogP contribution < -0.4 is 5.32 Å². The maximum Gasteiger partial charge on any atom is 0.224 e. The largest absolute Gasteiger partial charge is 0.355 e. The molecule has 1 amide bonds. The number of hydrogen-bond donors (Lipinski definition) is 2. The summed E-state index contributed by atoms with van der Waals surface area (Å²) in [6.07, 6.45) is 0.374. The van der Waals surface area contributed by atoms with Crippen LogP contribution in [0.15, 0.2) is 71.2 Å². The quantitative estimate of drug-likeness (QED) is 0.507. The van der Waals surface area contributed by atoms with Crippen molar-refractivity contribution in [1.29, 1.82) is 0 Å². The molecule has 25 heavy (non-hydrogen) atoms. The van der Waals surface area contributed by atoms with Crippen molar-refractivity contribution < 1.29 is 4.79 Å². The van der Waals surface area contributed by atoms with Gasteiger partial charge in [0.05, 0.1) is 6.42 Å². The monoisotopic (exact) mass is 392 g/mol. The van der Waals surface area contributed by atoms with Crippen molar-refractivity contribution in [1.82, 2.24) is 10.3 Å². The van der Waals surface area contributed by atoms with Gasteiger partial charge in [-0.05, 0) is 35.4 Å². The number of carbonyl (C=O) groups is 1. The predicted molar refractivity (Wildman–Crippen MR) is 105 cm³/mol. The third kappa shape index (κ3) is 3.44. The lowest BCUT2D eigenvalue weighted by atomic mass is 10.1. The molecule has 124 valence electrons. The van der Waals surface area contributed by atoms with Gasteiger partial charge < -0.3 is 10.3 Å². The van der Waals surface area contributed by atoms with Crippen LogP contribution in [-0.4, -0.2) is 10.9 Å². The fourth-order valence-corrected chi connectivity index (χ4v) is 3.55. The van der Waals surface area contributed by atoms with Crippen molar-refractivity contribution in [2.45, 2.75) is 13.0 Å². The molecule has 3 aromatic carbocycles. The molecule has 4 rings (SSSR count). The number of H-pyrrole nitrogens is 1. The molecular weight excluding hydrogens is 376 g/mol. The average Bonchev–Trinajstić information content (AvgIpc) is 2.98. The Kier molecular flexibility index (Phi) is 4.28. The fraction of sp³-hybridized carbons (Fsp3) is 0.0952. The minimum atomic E-state index is 0.0236. The Labute approximate surface area is 154 Å². The van der Waals surface area contributed by atoms with Crippen LogP contribution in [-0.2, 0) is 17.8 Å². The second-order valence-corrected chi connectivity index (χ2v) is 7.05. The van der Waals surface area contributed by atoms with Crippen LogP contribution in [0.5, 0.6) is 0 Å². The second kappa shape index (κ2) is 6.73. The van der Waals surface area contributed by atoms with Crippen LogP contribution in [0.3, 0.4) is 0 Å². The highest BCUT2D eigenvalue weighted by molar-refractivity contribution is 9.10. The zero-order valence-corrected chi connectivity index (χ0v) is 15.1. The minimum absolute atomic E-state index is 0.0236. The van der Waals surface area contributed by atoms with E-state index in [1.165, 1.54) is 10.8 Å². The van der Waals surface area contributed by atoms with E-state index in [9.17, 15) is 4.79 Å². The maximum atomic E-state index is 12.2. The number of benzene rings is 3. The van der Waals surface area contributed by atoms with E-state index in [2.05, 4.69) is 50.5 Å². The van der Waals surface area contributed by atoms with Gasteiger partial charge in [-0.15, -0.1) is 0 Å². The Balaban J connectivity index is 1.48. The van der Waals surface area contributed by atoms with Crippen LogP contribution in [0, 0.1) is 0 Å². The highest BCUT2D eigenvalue weighted by atomic mass is 79.9. The van der Waals surface area contributed by atoms with E-state index in [1.54, 1.807) is 0 Å². The van der Waals surface area contributed by atoms with Gasteiger partial charge >= 0.3 is 0 Å². The van der Waals surface area contributed by atoms with E-state index in [-0.39, 0.29) is 5.91 Å². The summed E-state index contributed by atoms with van der Waals surface area (Å²) in [5, 5.41) is 5.38. The summed E-state index contributed by atoms with van der Waals surface area (Å²) in [7, 11) is 0. The van der Waals surface area contributed by atoms with Gasteiger partial charge in [-0.25, -0.2) is 0 Å². The molecule has 0 unspecified atom stereocenters. The van der Waals surface area contributed by atoms with E-state index < -0.39 is 0 Å². The van der Waals surface area contributed by atoms with Gasteiger partial charge in [0.15, 0.2) is 0 Å². The van der Waals surface area contributed by atoms with Gasteiger partial charge in [-0.3, -0.25) is 4.79 Å². The van der Waals surface area contributed by atoms with Gasteiger partial charge in [0.2, 0.25) is 5.91 Å². The summed E-state index contributed by atoms with van der Waals surface area (Å²) < 4.78 is 1.02. The first-order valence-electron chi connectivity index (χ1n) is 8.19. The number of aromatic nitrogens is 1. The molecule has 0 spiro atoms. The number of amides is 1. The summed E-state index contributed by atoms with van der Waals surface area (Å²) >= 11 is 3.44. The summed E-state index contributed by atoms with van der Waals surface area (Å²) in [6, 6.07) is 22.4. The zero-order chi connectivity index (χ0) is 17.2. The summed E-state index contributed by atoms with van der Waals surface area (Å²) in [4.78, 5) is 15.7. The van der Waals surface area contributed by atoms with Crippen LogP contribution in [0.1, 0.15) is 11.1 Å². The number of rotatable bonds is 4. The smallest absolute Gasteiger partial charge is 0.224 e. The molecule has 2 N–H and O–H groups in total. The molecule has 0 fully saturated rings. The molecule has 1 heterocycles. The third-order valence-corrected chi connectivity index (χ3v) is 4.81. The first-order valence-corrected chi connectivity index (χ1v) is 8.99. The number of aromatic amines is 1. The minimum Gasteiger partial charge on any atom is -0.355 e. The Morgan fingerprint density at radius 3 is 2.60 bits per heavy atom. The molecular formula is C21H17BrN2O. The number of hydrogen-bond acceptors (Lipinski definition) is 1. The first-order chi connectivity index (χ1) is 12.2. The van der Waals surface area contributed by atoms with E-state index in [0.717, 1.165) is 26.6 Å².